The lowest BCUT2D eigenvalue weighted by Gasteiger charge is -2.20. The van der Waals surface area contributed by atoms with Crippen LogP contribution in [0.3, 0.4) is 0 Å². The number of carbonyl (C=O) groups is 1. The summed E-state index contributed by atoms with van der Waals surface area (Å²) >= 11 is 0. The second-order valence-electron chi connectivity index (χ2n) is 7.98. The molecule has 5 nitrogen and oxygen atoms in total. The van der Waals surface area contributed by atoms with Crippen LogP contribution >= 0.6 is 0 Å². The van der Waals surface area contributed by atoms with E-state index in [1.807, 2.05) is 36.5 Å². The van der Waals surface area contributed by atoms with E-state index in [1.165, 1.54) is 12.1 Å². The normalized spacial score (nSPS) is 14.5. The molecule has 8 heteroatoms. The maximum Gasteiger partial charge on any atom is 0.416 e. The quantitative estimate of drug-likeness (QED) is 0.325. The molecule has 0 N–H and O–H groups in total. The van der Waals surface area contributed by atoms with Gasteiger partial charge in [-0.05, 0) is 48.0 Å². The monoisotopic (exact) mass is 476 g/mol. The van der Waals surface area contributed by atoms with Gasteiger partial charge < -0.3 is 9.47 Å². The Bertz CT molecular complexity index is 1390. The Hall–Kier alpha value is -4.33. The number of ether oxygens (including phenoxy) is 2. The third-order valence-electron chi connectivity index (χ3n) is 5.51. The molecule has 0 saturated carbocycles. The molecule has 0 fully saturated rings. The van der Waals surface area contributed by atoms with E-state index in [1.54, 1.807) is 35.2 Å². The molecule has 1 aliphatic rings. The highest BCUT2D eigenvalue weighted by Gasteiger charge is 2.30. The van der Waals surface area contributed by atoms with Gasteiger partial charge in [-0.15, -0.1) is 0 Å². The van der Waals surface area contributed by atoms with E-state index in [-0.39, 0.29) is 12.4 Å². The first-order valence-corrected chi connectivity index (χ1v) is 10.8. The number of aromatic nitrogens is 2. The number of alkyl halides is 3. The van der Waals surface area contributed by atoms with Gasteiger partial charge in [-0.3, -0.25) is 4.79 Å². The predicted octanol–water partition coefficient (Wildman–Crippen LogP) is 6.13. The lowest BCUT2D eigenvalue weighted by molar-refractivity contribution is -0.137. The Morgan fingerprint density at radius 2 is 1.80 bits per heavy atom. The Balaban J connectivity index is 1.26. The molecule has 0 amide bonds. The summed E-state index contributed by atoms with van der Waals surface area (Å²) in [5.41, 5.74) is 2.31. The molecule has 0 aliphatic carbocycles. The molecule has 0 unspecified atom stereocenters. The first kappa shape index (κ1) is 22.5. The van der Waals surface area contributed by atoms with Crippen molar-refractivity contribution in [3.8, 4) is 17.2 Å². The molecule has 4 aromatic rings. The molecule has 2 heterocycles. The fraction of sp³-hybridized carbons (Fsp3) is 0.111. The first-order valence-electron chi connectivity index (χ1n) is 10.8. The number of hydrogen-bond acceptors (Lipinski definition) is 4. The van der Waals surface area contributed by atoms with Crippen LogP contribution in [0.2, 0.25) is 0 Å². The molecule has 1 aliphatic heterocycles. The summed E-state index contributed by atoms with van der Waals surface area (Å²) in [4.78, 5) is 12.9. The highest BCUT2D eigenvalue weighted by atomic mass is 19.4. The van der Waals surface area contributed by atoms with Crippen LogP contribution in [0.5, 0.6) is 11.5 Å². The lowest BCUT2D eigenvalue weighted by Crippen LogP contribution is -2.19. The van der Waals surface area contributed by atoms with E-state index < -0.39 is 11.7 Å². The highest BCUT2D eigenvalue weighted by Crippen LogP contribution is 2.33. The van der Waals surface area contributed by atoms with Crippen molar-refractivity contribution in [3.05, 3.63) is 113 Å². The second-order valence-corrected chi connectivity index (χ2v) is 7.98. The van der Waals surface area contributed by atoms with Gasteiger partial charge in [-0.25, -0.2) is 4.68 Å². The third-order valence-corrected chi connectivity index (χ3v) is 5.51. The largest absolute Gasteiger partial charge is 0.489 e. The average molecular weight is 476 g/mol. The van der Waals surface area contributed by atoms with Gasteiger partial charge in [0.15, 0.2) is 5.78 Å². The fourth-order valence-corrected chi connectivity index (χ4v) is 3.69. The van der Waals surface area contributed by atoms with Gasteiger partial charge in [0.05, 0.1) is 23.0 Å². The van der Waals surface area contributed by atoms with Gasteiger partial charge in [0, 0.05) is 23.4 Å². The number of hydrogen-bond donors (Lipinski definition) is 0. The lowest BCUT2D eigenvalue weighted by atomic mass is 9.98. The topological polar surface area (TPSA) is 53.4 Å². The van der Waals surface area contributed by atoms with E-state index in [0.717, 1.165) is 23.4 Å². The van der Waals surface area contributed by atoms with Crippen LogP contribution in [-0.2, 0) is 12.8 Å². The number of nitrogens with zero attached hydrogens (tertiary/aromatic N) is 2. The zero-order chi connectivity index (χ0) is 24.4. The number of ketones is 1. The van der Waals surface area contributed by atoms with Crippen LogP contribution in [0.1, 0.15) is 27.0 Å². The van der Waals surface area contributed by atoms with E-state index in [2.05, 4.69) is 5.10 Å². The summed E-state index contributed by atoms with van der Waals surface area (Å²) in [6.45, 7) is 0.304. The molecule has 0 atom stereocenters. The van der Waals surface area contributed by atoms with Crippen molar-refractivity contribution in [1.29, 1.82) is 0 Å². The van der Waals surface area contributed by atoms with Crippen LogP contribution in [0.25, 0.3) is 11.8 Å². The van der Waals surface area contributed by atoms with Gasteiger partial charge >= 0.3 is 6.18 Å². The van der Waals surface area contributed by atoms with Crippen molar-refractivity contribution in [2.75, 3.05) is 6.61 Å². The van der Waals surface area contributed by atoms with Crippen molar-refractivity contribution in [3.63, 3.8) is 0 Å². The Kier molecular flexibility index (Phi) is 5.86. The number of carbonyl (C=O) groups excluding carboxylic acids is 1. The molecule has 0 saturated heterocycles. The van der Waals surface area contributed by atoms with Gasteiger partial charge in [0.25, 0.3) is 0 Å². The summed E-state index contributed by atoms with van der Waals surface area (Å²) in [6, 6.07) is 19.3. The zero-order valence-corrected chi connectivity index (χ0v) is 18.3. The van der Waals surface area contributed by atoms with E-state index in [0.29, 0.717) is 34.8 Å². The van der Waals surface area contributed by atoms with Crippen molar-refractivity contribution in [2.24, 2.45) is 0 Å². The zero-order valence-electron chi connectivity index (χ0n) is 18.3. The molecular formula is C27H19F3N2O3. The van der Waals surface area contributed by atoms with Crippen molar-refractivity contribution in [2.45, 2.75) is 12.8 Å². The number of Topliss-reactive ketones (excluding diaryl/α,β-unsaturated/α-hetero) is 1. The number of rotatable bonds is 5. The average Bonchev–Trinajstić information content (AvgIpc) is 3.34. The van der Waals surface area contributed by atoms with Crippen molar-refractivity contribution >= 4 is 11.9 Å². The van der Waals surface area contributed by atoms with Crippen LogP contribution in [0, 0.1) is 0 Å². The summed E-state index contributed by atoms with van der Waals surface area (Å²) in [5.74, 6) is 0.707. The molecule has 5 rings (SSSR count). The Morgan fingerprint density at radius 3 is 2.54 bits per heavy atom. The van der Waals surface area contributed by atoms with Crippen LogP contribution in [-0.4, -0.2) is 22.2 Å². The minimum atomic E-state index is -4.41. The number of para-hydroxylation sites is 1. The molecule has 0 spiro atoms. The summed E-state index contributed by atoms with van der Waals surface area (Å²) in [6.07, 6.45) is 0.743. The smallest absolute Gasteiger partial charge is 0.416 e. The standard InChI is InChI=1S/C27H19F3N2O3/c28-27(29,30)21-8-6-18(7-9-21)12-20-17-35-25-13-23(10-11-24(25)26(20)33)34-16-19-14-31-32(15-19)22-4-2-1-3-5-22/h1-15H,16-17H2/b20-12+. The van der Waals surface area contributed by atoms with E-state index in [9.17, 15) is 18.0 Å². The molecule has 3 aromatic carbocycles. The van der Waals surface area contributed by atoms with Crippen molar-refractivity contribution < 1.29 is 27.4 Å². The van der Waals surface area contributed by atoms with E-state index in [4.69, 9.17) is 9.47 Å². The fourth-order valence-electron chi connectivity index (χ4n) is 3.69. The van der Waals surface area contributed by atoms with Crippen LogP contribution in [0.4, 0.5) is 13.2 Å². The minimum Gasteiger partial charge on any atom is -0.489 e. The van der Waals surface area contributed by atoms with Gasteiger partial charge in [0.2, 0.25) is 0 Å². The third kappa shape index (κ3) is 4.96. The highest BCUT2D eigenvalue weighted by molar-refractivity contribution is 6.14. The van der Waals surface area contributed by atoms with Crippen LogP contribution < -0.4 is 9.47 Å². The minimum absolute atomic E-state index is 0.0140. The van der Waals surface area contributed by atoms with Crippen LogP contribution in [0.15, 0.2) is 90.8 Å². The molecule has 35 heavy (non-hydrogen) atoms. The van der Waals surface area contributed by atoms with Crippen molar-refractivity contribution in [1.82, 2.24) is 9.78 Å². The molecule has 1 aromatic heterocycles. The summed E-state index contributed by atoms with van der Waals surface area (Å²) in [5, 5.41) is 4.34. The Labute approximate surface area is 199 Å². The molecular weight excluding hydrogens is 457 g/mol. The van der Waals surface area contributed by atoms with E-state index >= 15 is 0 Å². The molecule has 0 radical (unpaired) electrons. The number of halogens is 3. The predicted molar refractivity (Wildman–Crippen MR) is 124 cm³/mol. The number of fused-ring (bicyclic) bond motifs is 1. The summed E-state index contributed by atoms with van der Waals surface area (Å²) < 4.78 is 51.6. The maximum absolute atomic E-state index is 12.9. The second kappa shape index (κ2) is 9.13. The van der Waals surface area contributed by atoms with Gasteiger partial charge in [-0.1, -0.05) is 30.3 Å². The number of benzene rings is 3. The van der Waals surface area contributed by atoms with Gasteiger partial charge in [-0.2, -0.15) is 18.3 Å². The maximum atomic E-state index is 12.9. The molecule has 176 valence electrons. The SMILES string of the molecule is O=C1/C(=C/c2ccc(C(F)(F)F)cc2)COc2cc(OCc3cnn(-c4ccccc4)c3)ccc21. The van der Waals surface area contributed by atoms with Gasteiger partial charge in [0.1, 0.15) is 24.7 Å². The summed E-state index contributed by atoms with van der Waals surface area (Å²) in [7, 11) is 0. The first-order chi connectivity index (χ1) is 16.9. The Morgan fingerprint density at radius 1 is 1.03 bits per heavy atom. The molecule has 0 bridgehead atoms.